The number of hydrogen-bond donors (Lipinski definition) is 2. The van der Waals surface area contributed by atoms with Crippen molar-refractivity contribution in [1.29, 1.82) is 0 Å². The number of amides is 2. The van der Waals surface area contributed by atoms with Gasteiger partial charge < -0.3 is 16.0 Å². The summed E-state index contributed by atoms with van der Waals surface area (Å²) in [5, 5.41) is 2.74. The molecular weight excluding hydrogens is 206 g/mol. The second-order valence-corrected chi connectivity index (χ2v) is 4.22. The molecule has 16 heavy (non-hydrogen) atoms. The van der Waals surface area contributed by atoms with Gasteiger partial charge in [-0.3, -0.25) is 9.59 Å². The van der Waals surface area contributed by atoms with E-state index >= 15 is 0 Å². The molecule has 0 aromatic carbocycles. The van der Waals surface area contributed by atoms with Crippen molar-refractivity contribution in [3.05, 3.63) is 0 Å². The molecule has 0 saturated heterocycles. The molecule has 0 bridgehead atoms. The molecule has 0 rings (SSSR count). The lowest BCUT2D eigenvalue weighted by Crippen LogP contribution is -2.40. The molecule has 0 aliphatic carbocycles. The van der Waals surface area contributed by atoms with Crippen LogP contribution < -0.4 is 11.1 Å². The molecule has 0 fully saturated rings. The molecule has 0 radical (unpaired) electrons. The molecular formula is C11H23N3O2. The van der Waals surface area contributed by atoms with Crippen LogP contribution in [0, 0.1) is 0 Å². The van der Waals surface area contributed by atoms with Gasteiger partial charge in [-0.1, -0.05) is 0 Å². The van der Waals surface area contributed by atoms with Crippen LogP contribution in [0.2, 0.25) is 0 Å². The summed E-state index contributed by atoms with van der Waals surface area (Å²) in [7, 11) is 1.64. The predicted octanol–water partition coefficient (Wildman–Crippen LogP) is 0.0984. The van der Waals surface area contributed by atoms with Crippen molar-refractivity contribution >= 4 is 11.8 Å². The highest BCUT2D eigenvalue weighted by Crippen LogP contribution is 1.98. The zero-order valence-electron chi connectivity index (χ0n) is 10.5. The average Bonchev–Trinajstić information content (AvgIpc) is 2.16. The van der Waals surface area contributed by atoms with Crippen LogP contribution in [0.3, 0.4) is 0 Å². The minimum absolute atomic E-state index is 0.00708. The minimum atomic E-state index is -0.121. The van der Waals surface area contributed by atoms with E-state index in [0.717, 1.165) is 12.8 Å². The molecule has 0 aliphatic rings. The summed E-state index contributed by atoms with van der Waals surface area (Å²) in [6, 6.07) is 0.105. The quantitative estimate of drug-likeness (QED) is 0.608. The fourth-order valence-corrected chi connectivity index (χ4v) is 1.28. The fraction of sp³-hybridized carbons (Fsp3) is 0.818. The van der Waals surface area contributed by atoms with Crippen LogP contribution in [-0.4, -0.2) is 42.9 Å². The lowest BCUT2D eigenvalue weighted by molar-refractivity contribution is -0.135. The number of hydrogen-bond acceptors (Lipinski definition) is 3. The van der Waals surface area contributed by atoms with E-state index in [1.54, 1.807) is 7.05 Å². The van der Waals surface area contributed by atoms with E-state index in [0.29, 0.717) is 13.0 Å². The Bertz CT molecular complexity index is 229. The van der Waals surface area contributed by atoms with Crippen molar-refractivity contribution in [3.63, 3.8) is 0 Å². The largest absolute Gasteiger partial charge is 0.352 e. The number of carbonyl (C=O) groups is 2. The molecule has 3 N–H and O–H groups in total. The molecule has 0 aromatic heterocycles. The monoisotopic (exact) mass is 229 g/mol. The predicted molar refractivity (Wildman–Crippen MR) is 63.8 cm³/mol. The van der Waals surface area contributed by atoms with Gasteiger partial charge in [-0.25, -0.2) is 0 Å². The summed E-state index contributed by atoms with van der Waals surface area (Å²) in [5.74, 6) is -0.128. The summed E-state index contributed by atoms with van der Waals surface area (Å²) in [6.45, 7) is 4.51. The van der Waals surface area contributed by atoms with E-state index in [-0.39, 0.29) is 24.4 Å². The highest BCUT2D eigenvalue weighted by atomic mass is 16.2. The molecule has 94 valence electrons. The zero-order valence-corrected chi connectivity index (χ0v) is 10.5. The second kappa shape index (κ2) is 8.10. The molecule has 5 nitrogen and oxygen atoms in total. The molecule has 0 aliphatic heterocycles. The van der Waals surface area contributed by atoms with Crippen LogP contribution in [-0.2, 0) is 9.59 Å². The van der Waals surface area contributed by atoms with Crippen LogP contribution >= 0.6 is 0 Å². The van der Waals surface area contributed by atoms with Gasteiger partial charge in [-0.2, -0.15) is 0 Å². The summed E-state index contributed by atoms with van der Waals surface area (Å²) in [5.41, 5.74) is 5.34. The maximum Gasteiger partial charge on any atom is 0.239 e. The van der Waals surface area contributed by atoms with Gasteiger partial charge >= 0.3 is 0 Å². The Balaban J connectivity index is 3.81. The molecule has 5 heteroatoms. The van der Waals surface area contributed by atoms with Crippen molar-refractivity contribution in [3.8, 4) is 0 Å². The van der Waals surface area contributed by atoms with E-state index in [1.807, 2.05) is 13.8 Å². The fourth-order valence-electron chi connectivity index (χ4n) is 1.28. The highest BCUT2D eigenvalue weighted by molar-refractivity contribution is 5.84. The number of unbranched alkanes of at least 4 members (excludes halogenated alkanes) is 1. The number of rotatable bonds is 7. The van der Waals surface area contributed by atoms with Gasteiger partial charge in [0.1, 0.15) is 0 Å². The Labute approximate surface area is 97.4 Å². The van der Waals surface area contributed by atoms with Gasteiger partial charge in [-0.15, -0.1) is 0 Å². The standard InChI is InChI=1S/C11H23N3O2/c1-9(2)13-10(15)8-14(3)11(16)6-4-5-7-12/h9H,4-8,12H2,1-3H3,(H,13,15). The molecule has 0 spiro atoms. The first-order valence-corrected chi connectivity index (χ1v) is 5.70. The van der Waals surface area contributed by atoms with Crippen LogP contribution in [0.4, 0.5) is 0 Å². The smallest absolute Gasteiger partial charge is 0.239 e. The summed E-state index contributed by atoms with van der Waals surface area (Å²) >= 11 is 0. The van der Waals surface area contributed by atoms with E-state index in [4.69, 9.17) is 5.73 Å². The molecule has 0 saturated carbocycles. The third-order valence-corrected chi connectivity index (χ3v) is 2.10. The molecule has 0 unspecified atom stereocenters. The average molecular weight is 229 g/mol. The van der Waals surface area contributed by atoms with Gasteiger partial charge in [-0.05, 0) is 33.2 Å². The highest BCUT2D eigenvalue weighted by Gasteiger charge is 2.12. The molecule has 0 heterocycles. The van der Waals surface area contributed by atoms with Gasteiger partial charge in [0.2, 0.25) is 11.8 Å². The number of nitrogens with one attached hydrogen (secondary N) is 1. The number of nitrogens with two attached hydrogens (primary N) is 1. The first-order chi connectivity index (χ1) is 7.47. The van der Waals surface area contributed by atoms with Crippen molar-refractivity contribution < 1.29 is 9.59 Å². The summed E-state index contributed by atoms with van der Waals surface area (Å²) < 4.78 is 0. The van der Waals surface area contributed by atoms with Gasteiger partial charge in [0.05, 0.1) is 6.54 Å². The molecule has 0 aromatic rings. The first-order valence-electron chi connectivity index (χ1n) is 5.70. The third-order valence-electron chi connectivity index (χ3n) is 2.10. The lowest BCUT2D eigenvalue weighted by atomic mass is 10.2. The van der Waals surface area contributed by atoms with Crippen molar-refractivity contribution in [2.75, 3.05) is 20.1 Å². The Hall–Kier alpha value is -1.10. The van der Waals surface area contributed by atoms with Crippen LogP contribution in [0.5, 0.6) is 0 Å². The number of likely N-dealkylation sites (N-methyl/N-ethyl adjacent to an activating group) is 1. The van der Waals surface area contributed by atoms with E-state index in [9.17, 15) is 9.59 Å². The van der Waals surface area contributed by atoms with E-state index < -0.39 is 0 Å². The third kappa shape index (κ3) is 7.23. The second-order valence-electron chi connectivity index (χ2n) is 4.22. The Morgan fingerprint density at radius 2 is 1.94 bits per heavy atom. The molecule has 2 amide bonds. The van der Waals surface area contributed by atoms with Crippen LogP contribution in [0.25, 0.3) is 0 Å². The maximum absolute atomic E-state index is 11.5. The van der Waals surface area contributed by atoms with Crippen molar-refractivity contribution in [2.45, 2.75) is 39.2 Å². The Kier molecular flexibility index (Phi) is 7.54. The van der Waals surface area contributed by atoms with Gasteiger partial charge in [0, 0.05) is 19.5 Å². The van der Waals surface area contributed by atoms with Crippen molar-refractivity contribution in [2.24, 2.45) is 5.73 Å². The zero-order chi connectivity index (χ0) is 12.6. The van der Waals surface area contributed by atoms with Crippen molar-refractivity contribution in [1.82, 2.24) is 10.2 Å². The van der Waals surface area contributed by atoms with Gasteiger partial charge in [0.25, 0.3) is 0 Å². The topological polar surface area (TPSA) is 75.4 Å². The molecule has 0 atom stereocenters. The summed E-state index contributed by atoms with van der Waals surface area (Å²) in [6.07, 6.45) is 2.09. The number of nitrogens with zero attached hydrogens (tertiary/aromatic N) is 1. The minimum Gasteiger partial charge on any atom is -0.352 e. The normalized spacial score (nSPS) is 10.3. The van der Waals surface area contributed by atoms with Gasteiger partial charge in [0.15, 0.2) is 0 Å². The SMILES string of the molecule is CC(C)NC(=O)CN(C)C(=O)CCCCN. The Morgan fingerprint density at radius 1 is 1.31 bits per heavy atom. The van der Waals surface area contributed by atoms with Crippen LogP contribution in [0.15, 0.2) is 0 Å². The Morgan fingerprint density at radius 3 is 2.44 bits per heavy atom. The number of carbonyl (C=O) groups excluding carboxylic acids is 2. The lowest BCUT2D eigenvalue weighted by Gasteiger charge is -2.17. The summed E-state index contributed by atoms with van der Waals surface area (Å²) in [4.78, 5) is 24.4. The van der Waals surface area contributed by atoms with Crippen LogP contribution in [0.1, 0.15) is 33.1 Å². The van der Waals surface area contributed by atoms with E-state index in [1.165, 1.54) is 4.90 Å². The first kappa shape index (κ1) is 14.9. The van der Waals surface area contributed by atoms with E-state index in [2.05, 4.69) is 5.32 Å². The maximum atomic E-state index is 11.5.